The van der Waals surface area contributed by atoms with Crippen molar-refractivity contribution in [2.45, 2.75) is 19.8 Å². The number of methoxy groups -OCH3 is 1. The van der Waals surface area contributed by atoms with Gasteiger partial charge in [0.05, 0.1) is 0 Å². The molecule has 0 fully saturated rings. The molecule has 0 unspecified atom stereocenters. The molecule has 1 aromatic carbocycles. The number of rotatable bonds is 8. The summed E-state index contributed by atoms with van der Waals surface area (Å²) in [6, 6.07) is 10.5. The molecule has 0 heterocycles. The van der Waals surface area contributed by atoms with Crippen molar-refractivity contribution in [1.29, 1.82) is 0 Å². The van der Waals surface area contributed by atoms with Gasteiger partial charge in [-0.05, 0) is 25.3 Å². The number of hydrogen-bond acceptors (Lipinski definition) is 2. The second-order valence-corrected chi connectivity index (χ2v) is 4.27. The first-order valence-electron chi connectivity index (χ1n) is 6.92. The van der Waals surface area contributed by atoms with E-state index in [9.17, 15) is 0 Å². The molecule has 0 radical (unpaired) electrons. The third-order valence-corrected chi connectivity index (χ3v) is 2.67. The fourth-order valence-electron chi connectivity index (χ4n) is 1.71. The van der Waals surface area contributed by atoms with Crippen molar-refractivity contribution in [3.05, 3.63) is 35.9 Å². The molecule has 0 saturated heterocycles. The van der Waals surface area contributed by atoms with Crippen LogP contribution in [0.4, 0.5) is 0 Å². The summed E-state index contributed by atoms with van der Waals surface area (Å²) in [5, 5.41) is 6.59. The van der Waals surface area contributed by atoms with Gasteiger partial charge in [0, 0.05) is 33.4 Å². The van der Waals surface area contributed by atoms with Gasteiger partial charge in [0.25, 0.3) is 0 Å². The predicted molar refractivity (Wildman–Crippen MR) is 80.6 cm³/mol. The van der Waals surface area contributed by atoms with Crippen LogP contribution >= 0.6 is 0 Å². The SMILES string of the molecule is CCNC(=NCCCOC)NCCc1ccccc1. The van der Waals surface area contributed by atoms with Gasteiger partial charge < -0.3 is 15.4 Å². The number of aliphatic imine (C=N–C) groups is 1. The second-order valence-electron chi connectivity index (χ2n) is 4.27. The molecule has 0 aliphatic heterocycles. The van der Waals surface area contributed by atoms with Crippen LogP contribution in [0.1, 0.15) is 18.9 Å². The third-order valence-electron chi connectivity index (χ3n) is 2.67. The molecular weight excluding hydrogens is 238 g/mol. The first-order chi connectivity index (χ1) is 9.36. The van der Waals surface area contributed by atoms with Gasteiger partial charge >= 0.3 is 0 Å². The molecule has 0 amide bonds. The Hall–Kier alpha value is -1.55. The van der Waals surface area contributed by atoms with Crippen LogP contribution in [0, 0.1) is 0 Å². The van der Waals surface area contributed by atoms with E-state index >= 15 is 0 Å². The van der Waals surface area contributed by atoms with E-state index in [1.807, 2.05) is 6.07 Å². The minimum Gasteiger partial charge on any atom is -0.385 e. The van der Waals surface area contributed by atoms with Gasteiger partial charge in [0.1, 0.15) is 0 Å². The Balaban J connectivity index is 2.28. The largest absolute Gasteiger partial charge is 0.385 e. The average Bonchev–Trinajstić information content (AvgIpc) is 2.44. The zero-order valence-electron chi connectivity index (χ0n) is 12.0. The summed E-state index contributed by atoms with van der Waals surface area (Å²) in [7, 11) is 1.72. The topological polar surface area (TPSA) is 45.7 Å². The van der Waals surface area contributed by atoms with Gasteiger partial charge in [-0.3, -0.25) is 4.99 Å². The zero-order chi connectivity index (χ0) is 13.8. The Morgan fingerprint density at radius 1 is 1.21 bits per heavy atom. The zero-order valence-corrected chi connectivity index (χ0v) is 12.0. The number of hydrogen-bond donors (Lipinski definition) is 2. The van der Waals surface area contributed by atoms with Crippen LogP contribution in [0.3, 0.4) is 0 Å². The predicted octanol–water partition coefficient (Wildman–Crippen LogP) is 1.82. The molecule has 106 valence electrons. The summed E-state index contributed by atoms with van der Waals surface area (Å²) >= 11 is 0. The molecule has 0 atom stereocenters. The molecule has 1 rings (SSSR count). The van der Waals surface area contributed by atoms with Crippen LogP contribution in [-0.4, -0.2) is 39.3 Å². The molecule has 4 nitrogen and oxygen atoms in total. The van der Waals surface area contributed by atoms with Gasteiger partial charge in [-0.1, -0.05) is 30.3 Å². The summed E-state index contributed by atoms with van der Waals surface area (Å²) < 4.78 is 5.01. The van der Waals surface area contributed by atoms with Gasteiger partial charge in [0.2, 0.25) is 0 Å². The van der Waals surface area contributed by atoms with Crippen LogP contribution in [0.25, 0.3) is 0 Å². The quantitative estimate of drug-likeness (QED) is 0.427. The molecule has 2 N–H and O–H groups in total. The number of guanidine groups is 1. The van der Waals surface area contributed by atoms with E-state index in [-0.39, 0.29) is 0 Å². The van der Waals surface area contributed by atoms with Crippen molar-refractivity contribution in [1.82, 2.24) is 10.6 Å². The van der Waals surface area contributed by atoms with Crippen LogP contribution < -0.4 is 10.6 Å². The third kappa shape index (κ3) is 7.47. The van der Waals surface area contributed by atoms with E-state index in [2.05, 4.69) is 46.8 Å². The van der Waals surface area contributed by atoms with Crippen molar-refractivity contribution in [3.63, 3.8) is 0 Å². The number of benzene rings is 1. The summed E-state index contributed by atoms with van der Waals surface area (Å²) in [6.07, 6.45) is 1.95. The molecule has 0 saturated carbocycles. The van der Waals surface area contributed by atoms with Crippen molar-refractivity contribution in [2.24, 2.45) is 4.99 Å². The molecule has 1 aromatic rings. The molecule has 0 spiro atoms. The van der Waals surface area contributed by atoms with Gasteiger partial charge in [0.15, 0.2) is 5.96 Å². The van der Waals surface area contributed by atoms with Crippen LogP contribution in [0.5, 0.6) is 0 Å². The summed E-state index contributed by atoms with van der Waals surface area (Å²) in [4.78, 5) is 4.50. The van der Waals surface area contributed by atoms with Crippen molar-refractivity contribution in [2.75, 3.05) is 33.4 Å². The smallest absolute Gasteiger partial charge is 0.191 e. The molecule has 0 aliphatic carbocycles. The number of ether oxygens (including phenoxy) is 1. The van der Waals surface area contributed by atoms with Crippen molar-refractivity contribution in [3.8, 4) is 0 Å². The standard InChI is InChI=1S/C15H25N3O/c1-3-16-15(17-11-7-13-19-2)18-12-10-14-8-5-4-6-9-14/h4-6,8-9H,3,7,10-13H2,1-2H3,(H2,16,17,18). The lowest BCUT2D eigenvalue weighted by atomic mass is 10.1. The van der Waals surface area contributed by atoms with E-state index in [0.717, 1.165) is 45.0 Å². The molecule has 0 aromatic heterocycles. The van der Waals surface area contributed by atoms with Gasteiger partial charge in [-0.2, -0.15) is 0 Å². The van der Waals surface area contributed by atoms with Gasteiger partial charge in [-0.15, -0.1) is 0 Å². The van der Waals surface area contributed by atoms with E-state index in [4.69, 9.17) is 4.74 Å². The molecule has 0 aliphatic rings. The number of nitrogens with zero attached hydrogens (tertiary/aromatic N) is 1. The highest BCUT2D eigenvalue weighted by Gasteiger charge is 1.97. The molecule has 0 bridgehead atoms. The highest BCUT2D eigenvalue weighted by Crippen LogP contribution is 1.98. The molecule has 4 heteroatoms. The maximum absolute atomic E-state index is 5.01. The maximum atomic E-state index is 5.01. The first kappa shape index (κ1) is 15.5. The Labute approximate surface area is 116 Å². The first-order valence-corrected chi connectivity index (χ1v) is 6.92. The molecule has 19 heavy (non-hydrogen) atoms. The average molecular weight is 263 g/mol. The van der Waals surface area contributed by atoms with Crippen LogP contribution in [-0.2, 0) is 11.2 Å². The van der Waals surface area contributed by atoms with E-state index < -0.39 is 0 Å². The fourth-order valence-corrected chi connectivity index (χ4v) is 1.71. The van der Waals surface area contributed by atoms with Crippen molar-refractivity contribution < 1.29 is 4.74 Å². The molecular formula is C15H25N3O. The minimum absolute atomic E-state index is 0.757. The number of nitrogens with one attached hydrogen (secondary N) is 2. The fraction of sp³-hybridized carbons (Fsp3) is 0.533. The summed E-state index contributed by atoms with van der Waals surface area (Å²) in [6.45, 7) is 5.38. The van der Waals surface area contributed by atoms with Crippen LogP contribution in [0.15, 0.2) is 35.3 Å². The van der Waals surface area contributed by atoms with Crippen molar-refractivity contribution >= 4 is 5.96 Å². The second kappa shape index (κ2) is 10.4. The van der Waals surface area contributed by atoms with E-state index in [1.165, 1.54) is 5.56 Å². The Kier molecular flexibility index (Phi) is 8.47. The lowest BCUT2D eigenvalue weighted by Gasteiger charge is -2.11. The Bertz CT molecular complexity index is 352. The van der Waals surface area contributed by atoms with Gasteiger partial charge in [-0.25, -0.2) is 0 Å². The Morgan fingerprint density at radius 2 is 2.00 bits per heavy atom. The summed E-state index contributed by atoms with van der Waals surface area (Å²) in [5.41, 5.74) is 1.34. The summed E-state index contributed by atoms with van der Waals surface area (Å²) in [5.74, 6) is 0.884. The minimum atomic E-state index is 0.757. The monoisotopic (exact) mass is 263 g/mol. The maximum Gasteiger partial charge on any atom is 0.191 e. The van der Waals surface area contributed by atoms with E-state index in [0.29, 0.717) is 0 Å². The normalized spacial score (nSPS) is 11.4. The highest BCUT2D eigenvalue weighted by molar-refractivity contribution is 5.79. The van der Waals surface area contributed by atoms with E-state index in [1.54, 1.807) is 7.11 Å². The van der Waals surface area contributed by atoms with Crippen LogP contribution in [0.2, 0.25) is 0 Å². The lowest BCUT2D eigenvalue weighted by Crippen LogP contribution is -2.38. The lowest BCUT2D eigenvalue weighted by molar-refractivity contribution is 0.197. The Morgan fingerprint density at radius 3 is 2.68 bits per heavy atom. The highest BCUT2D eigenvalue weighted by atomic mass is 16.5.